The molecular formula is C15H16Cl2N2O2. The number of benzene rings is 1. The van der Waals surface area contributed by atoms with Gasteiger partial charge in [0, 0.05) is 22.9 Å². The second kappa shape index (κ2) is 7.05. The van der Waals surface area contributed by atoms with Crippen LogP contribution in [-0.2, 0) is 17.6 Å². The summed E-state index contributed by atoms with van der Waals surface area (Å²) in [6.07, 6.45) is 1.05. The van der Waals surface area contributed by atoms with Gasteiger partial charge in [-0.1, -0.05) is 48.3 Å². The molecule has 1 aromatic heterocycles. The van der Waals surface area contributed by atoms with Gasteiger partial charge in [0.05, 0.1) is 6.42 Å². The monoisotopic (exact) mass is 326 g/mol. The third-order valence-electron chi connectivity index (χ3n) is 2.89. The van der Waals surface area contributed by atoms with E-state index in [1.807, 2.05) is 13.8 Å². The molecule has 1 heterocycles. The first kappa shape index (κ1) is 16.0. The molecule has 1 aromatic carbocycles. The molecule has 0 amide bonds. The van der Waals surface area contributed by atoms with Crippen molar-refractivity contribution in [1.29, 1.82) is 0 Å². The average Bonchev–Trinajstić information content (AvgIpc) is 2.80. The zero-order chi connectivity index (χ0) is 15.4. The van der Waals surface area contributed by atoms with Crippen LogP contribution in [0.3, 0.4) is 0 Å². The second-order valence-electron chi connectivity index (χ2n) is 5.29. The number of Topliss-reactive ketones (excluding diaryl/α,β-unsaturated/α-hetero) is 1. The van der Waals surface area contributed by atoms with Crippen LogP contribution in [0.15, 0.2) is 22.7 Å². The predicted molar refractivity (Wildman–Crippen MR) is 81.7 cm³/mol. The third kappa shape index (κ3) is 4.55. The number of nitrogens with zero attached hydrogens (tertiary/aromatic N) is 2. The third-order valence-corrected chi connectivity index (χ3v) is 3.60. The lowest BCUT2D eigenvalue weighted by molar-refractivity contribution is -0.119. The number of carbonyl (C=O) groups is 1. The average molecular weight is 327 g/mol. The summed E-state index contributed by atoms with van der Waals surface area (Å²) >= 11 is 12.2. The number of carbonyl (C=O) groups excluding carboxylic acids is 1. The van der Waals surface area contributed by atoms with Crippen molar-refractivity contribution in [2.24, 2.45) is 5.92 Å². The normalized spacial score (nSPS) is 11.1. The van der Waals surface area contributed by atoms with E-state index in [2.05, 4.69) is 10.1 Å². The van der Waals surface area contributed by atoms with Gasteiger partial charge in [0.2, 0.25) is 5.89 Å². The maximum absolute atomic E-state index is 11.7. The van der Waals surface area contributed by atoms with E-state index in [4.69, 9.17) is 27.7 Å². The molecule has 0 atom stereocenters. The second-order valence-corrected chi connectivity index (χ2v) is 6.11. The van der Waals surface area contributed by atoms with Gasteiger partial charge < -0.3 is 4.52 Å². The Morgan fingerprint density at radius 2 is 1.95 bits per heavy atom. The minimum absolute atomic E-state index is 0.0935. The molecule has 0 radical (unpaired) electrons. The molecule has 4 nitrogen and oxygen atoms in total. The van der Waals surface area contributed by atoms with E-state index in [9.17, 15) is 4.79 Å². The first-order chi connectivity index (χ1) is 9.95. The van der Waals surface area contributed by atoms with E-state index in [-0.39, 0.29) is 12.2 Å². The minimum atomic E-state index is 0.0935. The Balaban J connectivity index is 2.05. The molecule has 112 valence electrons. The highest BCUT2D eigenvalue weighted by atomic mass is 35.5. The van der Waals surface area contributed by atoms with Crippen LogP contribution in [0, 0.1) is 5.92 Å². The summed E-state index contributed by atoms with van der Waals surface area (Å²) in [6, 6.07) is 5.30. The smallest absolute Gasteiger partial charge is 0.234 e. The quantitative estimate of drug-likeness (QED) is 0.801. The van der Waals surface area contributed by atoms with E-state index in [0.29, 0.717) is 40.5 Å². The molecule has 6 heteroatoms. The van der Waals surface area contributed by atoms with Crippen LogP contribution < -0.4 is 0 Å². The van der Waals surface area contributed by atoms with Crippen molar-refractivity contribution in [3.8, 4) is 0 Å². The first-order valence-electron chi connectivity index (χ1n) is 6.71. The van der Waals surface area contributed by atoms with Crippen LogP contribution >= 0.6 is 23.2 Å². The molecule has 0 fully saturated rings. The number of hydrogen-bond donors (Lipinski definition) is 0. The highest BCUT2D eigenvalue weighted by Crippen LogP contribution is 2.26. The lowest BCUT2D eigenvalue weighted by Crippen LogP contribution is -2.06. The van der Waals surface area contributed by atoms with E-state index in [1.54, 1.807) is 18.2 Å². The van der Waals surface area contributed by atoms with Crippen molar-refractivity contribution in [3.63, 3.8) is 0 Å². The van der Waals surface area contributed by atoms with Gasteiger partial charge in [-0.15, -0.1) is 0 Å². The molecule has 0 aliphatic carbocycles. The summed E-state index contributed by atoms with van der Waals surface area (Å²) in [5.74, 6) is 1.22. The lowest BCUT2D eigenvalue weighted by Gasteiger charge is -2.03. The Kier molecular flexibility index (Phi) is 5.37. The predicted octanol–water partition coefficient (Wildman–Crippen LogP) is 4.12. The number of ketones is 1. The van der Waals surface area contributed by atoms with Crippen molar-refractivity contribution in [2.45, 2.75) is 33.1 Å². The summed E-state index contributed by atoms with van der Waals surface area (Å²) in [6.45, 7) is 3.99. The molecule has 0 aliphatic heterocycles. The summed E-state index contributed by atoms with van der Waals surface area (Å²) in [4.78, 5) is 15.9. The molecule has 0 saturated carbocycles. The maximum atomic E-state index is 11.7. The zero-order valence-electron chi connectivity index (χ0n) is 11.9. The lowest BCUT2D eigenvalue weighted by atomic mass is 10.1. The summed E-state index contributed by atoms with van der Waals surface area (Å²) in [5.41, 5.74) is 0.752. The summed E-state index contributed by atoms with van der Waals surface area (Å²) in [5, 5.41) is 4.99. The molecule has 0 saturated heterocycles. The van der Waals surface area contributed by atoms with Crippen molar-refractivity contribution in [2.75, 3.05) is 0 Å². The molecule has 0 aliphatic rings. The number of hydrogen-bond acceptors (Lipinski definition) is 4. The topological polar surface area (TPSA) is 56.0 Å². The molecule has 21 heavy (non-hydrogen) atoms. The van der Waals surface area contributed by atoms with Crippen molar-refractivity contribution < 1.29 is 9.32 Å². The maximum Gasteiger partial charge on any atom is 0.234 e. The Hall–Kier alpha value is -1.39. The van der Waals surface area contributed by atoms with E-state index in [0.717, 1.165) is 5.56 Å². The highest BCUT2D eigenvalue weighted by Gasteiger charge is 2.14. The van der Waals surface area contributed by atoms with Gasteiger partial charge in [-0.05, 0) is 23.6 Å². The van der Waals surface area contributed by atoms with Crippen LogP contribution in [-0.4, -0.2) is 15.9 Å². The minimum Gasteiger partial charge on any atom is -0.339 e. The van der Waals surface area contributed by atoms with Gasteiger partial charge in [0.15, 0.2) is 5.82 Å². The Bertz CT molecular complexity index is 618. The molecule has 2 aromatic rings. The van der Waals surface area contributed by atoms with Crippen LogP contribution in [0.25, 0.3) is 0 Å². The van der Waals surface area contributed by atoms with Crippen LogP contribution in [0.4, 0.5) is 0 Å². The fraction of sp³-hybridized carbons (Fsp3) is 0.400. The van der Waals surface area contributed by atoms with E-state index >= 15 is 0 Å². The molecule has 2 rings (SSSR count). The fourth-order valence-corrected chi connectivity index (χ4v) is 2.52. The Morgan fingerprint density at radius 1 is 1.29 bits per heavy atom. The molecule has 0 spiro atoms. The zero-order valence-corrected chi connectivity index (χ0v) is 13.4. The van der Waals surface area contributed by atoms with Gasteiger partial charge in [-0.25, -0.2) is 0 Å². The number of rotatable bonds is 6. The van der Waals surface area contributed by atoms with Crippen molar-refractivity contribution >= 4 is 29.0 Å². The molecular weight excluding hydrogens is 311 g/mol. The Morgan fingerprint density at radius 3 is 2.57 bits per heavy atom. The first-order valence-corrected chi connectivity index (χ1v) is 7.47. The van der Waals surface area contributed by atoms with E-state index < -0.39 is 0 Å². The molecule has 0 unspecified atom stereocenters. The molecule has 0 N–H and O–H groups in total. The van der Waals surface area contributed by atoms with Crippen molar-refractivity contribution in [3.05, 3.63) is 45.5 Å². The van der Waals surface area contributed by atoms with Crippen LogP contribution in [0.5, 0.6) is 0 Å². The fourth-order valence-electron chi connectivity index (χ4n) is 1.99. The summed E-state index contributed by atoms with van der Waals surface area (Å²) < 4.78 is 5.10. The van der Waals surface area contributed by atoms with Gasteiger partial charge in [0.25, 0.3) is 0 Å². The van der Waals surface area contributed by atoms with Crippen LogP contribution in [0.1, 0.15) is 37.5 Å². The van der Waals surface area contributed by atoms with Gasteiger partial charge >= 0.3 is 0 Å². The Labute approximate surface area is 133 Å². The SMILES string of the molecule is CC(C)CC(=O)Cc1nc(Cc2c(Cl)cccc2Cl)no1. The number of halogens is 2. The van der Waals surface area contributed by atoms with Gasteiger partial charge in [0.1, 0.15) is 5.78 Å². The molecule has 0 bridgehead atoms. The van der Waals surface area contributed by atoms with Crippen LogP contribution in [0.2, 0.25) is 10.0 Å². The largest absolute Gasteiger partial charge is 0.339 e. The number of aromatic nitrogens is 2. The van der Waals surface area contributed by atoms with Crippen molar-refractivity contribution in [1.82, 2.24) is 10.1 Å². The van der Waals surface area contributed by atoms with Gasteiger partial charge in [-0.3, -0.25) is 4.79 Å². The summed E-state index contributed by atoms with van der Waals surface area (Å²) in [7, 11) is 0. The van der Waals surface area contributed by atoms with E-state index in [1.165, 1.54) is 0 Å². The van der Waals surface area contributed by atoms with Gasteiger partial charge in [-0.2, -0.15) is 4.98 Å². The standard InChI is InChI=1S/C15H16Cl2N2O2/c1-9(2)6-10(20)7-15-18-14(19-21-15)8-11-12(16)4-3-5-13(11)17/h3-5,9H,6-8H2,1-2H3. The highest BCUT2D eigenvalue weighted by molar-refractivity contribution is 6.36.